The molecule has 184 valence electrons. The van der Waals surface area contributed by atoms with E-state index < -0.39 is 11.9 Å². The van der Waals surface area contributed by atoms with E-state index in [1.165, 1.54) is 64.2 Å². The van der Waals surface area contributed by atoms with Gasteiger partial charge in [0.1, 0.15) is 0 Å². The van der Waals surface area contributed by atoms with Crippen molar-refractivity contribution in [3.63, 3.8) is 0 Å². The average molecular weight is 493 g/mol. The van der Waals surface area contributed by atoms with Gasteiger partial charge in [-0.15, -0.1) is 0 Å². The Kier molecular flexibility index (Phi) is 14.4. The monoisotopic (exact) mass is 492 g/mol. The van der Waals surface area contributed by atoms with E-state index in [1.807, 2.05) is 0 Å². The Bertz CT molecular complexity index is 653. The van der Waals surface area contributed by atoms with Gasteiger partial charge in [0.2, 0.25) is 0 Å². The maximum absolute atomic E-state index is 10.4. The maximum atomic E-state index is 10.4. The van der Waals surface area contributed by atoms with Crippen molar-refractivity contribution >= 4 is 11.9 Å². The van der Waals surface area contributed by atoms with Crippen LogP contribution in [0, 0.1) is 19.3 Å². The van der Waals surface area contributed by atoms with Crippen LogP contribution in [0.25, 0.3) is 0 Å². The van der Waals surface area contributed by atoms with Gasteiger partial charge in [-0.05, 0) is 25.7 Å². The van der Waals surface area contributed by atoms with Crippen LogP contribution in [-0.4, -0.2) is 22.2 Å². The Balaban J connectivity index is 0.000000247. The fraction of sp³-hybridized carbons (Fsp3) is 0.714. The molecule has 0 bridgehead atoms. The van der Waals surface area contributed by atoms with E-state index in [9.17, 15) is 9.59 Å². The molecule has 0 atom stereocenters. The molecule has 4 aliphatic carbocycles. The summed E-state index contributed by atoms with van der Waals surface area (Å²) in [5, 5.41) is 17.1. The van der Waals surface area contributed by atoms with E-state index in [1.54, 1.807) is 22.3 Å². The summed E-state index contributed by atoms with van der Waals surface area (Å²) in [6.45, 7) is 0. The molecule has 0 unspecified atom stereocenters. The smallest absolute Gasteiger partial charge is 0.481 e. The Morgan fingerprint density at radius 2 is 0.909 bits per heavy atom. The fourth-order valence-electron chi connectivity index (χ4n) is 5.77. The van der Waals surface area contributed by atoms with Gasteiger partial charge in [0.25, 0.3) is 0 Å². The minimum absolute atomic E-state index is 0. The van der Waals surface area contributed by atoms with Gasteiger partial charge in [0, 0.05) is 0 Å². The minimum atomic E-state index is -0.602. The topological polar surface area (TPSA) is 74.6 Å². The van der Waals surface area contributed by atoms with Crippen LogP contribution in [0.4, 0.5) is 0 Å². The molecule has 4 aliphatic rings. The summed E-state index contributed by atoms with van der Waals surface area (Å²) in [5.74, 6) is -1.26. The zero-order valence-electron chi connectivity index (χ0n) is 20.7. The third kappa shape index (κ3) is 9.28. The van der Waals surface area contributed by atoms with E-state index in [0.717, 1.165) is 51.4 Å². The van der Waals surface area contributed by atoms with Crippen LogP contribution in [0.15, 0.2) is 6.07 Å². The molecule has 5 rings (SSSR count). The first-order chi connectivity index (χ1) is 15.1. The molecule has 1 aromatic carbocycles. The average Bonchev–Trinajstić information content (AvgIpc) is 3.20. The second kappa shape index (κ2) is 15.8. The Morgan fingerprint density at radius 3 is 1.21 bits per heavy atom. The second-order valence-corrected chi connectivity index (χ2v) is 9.91. The number of carboxylic acids is 2. The standard InChI is InChI=1S/C13H17.2C7H12O2.CH3.Ti/c1-3-7-12-10(5-1)9-11-6-2-4-8-13(11)12;2*8-7(9)6-4-2-1-3-5-6;;/h9H,1-8H2;2*6H,1-5H2,(H,8,9);1H3;/q-1;;;-1;+2. The zero-order valence-corrected chi connectivity index (χ0v) is 22.2. The molecule has 0 aliphatic heterocycles. The van der Waals surface area contributed by atoms with Gasteiger partial charge in [-0.1, -0.05) is 89.9 Å². The molecule has 0 amide bonds. The van der Waals surface area contributed by atoms with Gasteiger partial charge in [-0.2, -0.15) is 28.3 Å². The van der Waals surface area contributed by atoms with Crippen LogP contribution in [0.5, 0.6) is 0 Å². The van der Waals surface area contributed by atoms with Crippen molar-refractivity contribution in [3.05, 3.63) is 35.7 Å². The first-order valence-corrected chi connectivity index (χ1v) is 12.8. The number of aryl methyl sites for hydroxylation is 2. The van der Waals surface area contributed by atoms with Crippen molar-refractivity contribution in [2.75, 3.05) is 0 Å². The Labute approximate surface area is 216 Å². The van der Waals surface area contributed by atoms with E-state index in [4.69, 9.17) is 10.2 Å². The van der Waals surface area contributed by atoms with E-state index in [0.29, 0.717) is 0 Å². The molecule has 0 aromatic heterocycles. The van der Waals surface area contributed by atoms with Gasteiger partial charge < -0.3 is 17.6 Å². The van der Waals surface area contributed by atoms with E-state index in [-0.39, 0.29) is 41.0 Å². The van der Waals surface area contributed by atoms with Gasteiger partial charge in [0.15, 0.2) is 0 Å². The molecule has 1 aromatic rings. The van der Waals surface area contributed by atoms with Crippen LogP contribution in [0.2, 0.25) is 0 Å². The van der Waals surface area contributed by atoms with Crippen molar-refractivity contribution in [2.45, 2.75) is 116 Å². The number of hydrogen-bond donors (Lipinski definition) is 2. The van der Waals surface area contributed by atoms with Crippen LogP contribution >= 0.6 is 0 Å². The summed E-state index contributed by atoms with van der Waals surface area (Å²) in [6.07, 6.45) is 21.7. The van der Waals surface area contributed by atoms with E-state index >= 15 is 0 Å². The zero-order chi connectivity index (χ0) is 22.1. The maximum Gasteiger partial charge on any atom is 2.00 e. The molecule has 5 heteroatoms. The summed E-state index contributed by atoms with van der Waals surface area (Å²) in [4.78, 5) is 20.7. The molecule has 0 saturated heterocycles. The van der Waals surface area contributed by atoms with Crippen molar-refractivity contribution in [2.24, 2.45) is 11.8 Å². The number of hydrogen-bond acceptors (Lipinski definition) is 2. The summed E-state index contributed by atoms with van der Waals surface area (Å²) in [7, 11) is 0. The summed E-state index contributed by atoms with van der Waals surface area (Å²) < 4.78 is 0. The Morgan fingerprint density at radius 1 is 0.576 bits per heavy atom. The number of carbonyl (C=O) groups is 2. The summed E-state index contributed by atoms with van der Waals surface area (Å²) in [5.41, 5.74) is 6.94. The van der Waals surface area contributed by atoms with Crippen LogP contribution < -0.4 is 0 Å². The summed E-state index contributed by atoms with van der Waals surface area (Å²) >= 11 is 0. The second-order valence-electron chi connectivity index (χ2n) is 9.91. The molecule has 0 spiro atoms. The molecule has 2 fully saturated rings. The molecule has 0 heterocycles. The van der Waals surface area contributed by atoms with Crippen LogP contribution in [0.3, 0.4) is 0 Å². The number of aliphatic carboxylic acids is 2. The van der Waals surface area contributed by atoms with Crippen LogP contribution in [0.1, 0.15) is 112 Å². The van der Waals surface area contributed by atoms with Crippen LogP contribution in [-0.2, 0) is 57.0 Å². The van der Waals surface area contributed by atoms with E-state index in [2.05, 4.69) is 6.07 Å². The normalized spacial score (nSPS) is 20.1. The van der Waals surface area contributed by atoms with Crippen molar-refractivity contribution in [1.29, 1.82) is 0 Å². The molecule has 2 N–H and O–H groups in total. The SMILES string of the molecule is O=C(O)C1CCCCC1.O=C(O)C1CCCCC1.[CH3-].[Ti+2].[cH-]1c2c(c3c1CCCC3)CCCC2. The molecular weight excluding hydrogens is 448 g/mol. The van der Waals surface area contributed by atoms with Gasteiger partial charge >= 0.3 is 33.7 Å². The first-order valence-electron chi connectivity index (χ1n) is 12.8. The quantitative estimate of drug-likeness (QED) is 0.347. The van der Waals surface area contributed by atoms with Gasteiger partial charge in [-0.3, -0.25) is 9.59 Å². The molecule has 2 saturated carbocycles. The molecular formula is C28H44O4Ti. The minimum Gasteiger partial charge on any atom is -0.481 e. The predicted molar refractivity (Wildman–Crippen MR) is 130 cm³/mol. The molecule has 4 nitrogen and oxygen atoms in total. The van der Waals surface area contributed by atoms with Crippen molar-refractivity contribution in [3.8, 4) is 0 Å². The molecule has 33 heavy (non-hydrogen) atoms. The van der Waals surface area contributed by atoms with Gasteiger partial charge in [-0.25, -0.2) is 0 Å². The molecule has 0 radical (unpaired) electrons. The van der Waals surface area contributed by atoms with Gasteiger partial charge in [0.05, 0.1) is 11.8 Å². The largest absolute Gasteiger partial charge is 2.00 e. The predicted octanol–water partition coefficient (Wildman–Crippen LogP) is 6.91. The first kappa shape index (κ1) is 30.0. The summed E-state index contributed by atoms with van der Waals surface area (Å²) in [6, 6.07) is 2.52. The Hall–Kier alpha value is -0.996. The van der Waals surface area contributed by atoms with Crippen molar-refractivity contribution in [1.82, 2.24) is 0 Å². The fourth-order valence-corrected chi connectivity index (χ4v) is 5.77. The number of fused-ring (bicyclic) bond motifs is 3. The van der Waals surface area contributed by atoms with Crippen molar-refractivity contribution < 1.29 is 41.5 Å². The third-order valence-corrected chi connectivity index (χ3v) is 7.64. The number of carboxylic acid groups (broad SMARTS) is 2. The third-order valence-electron chi connectivity index (χ3n) is 7.64. The number of rotatable bonds is 2.